The van der Waals surface area contributed by atoms with E-state index < -0.39 is 24.3 Å². The maximum absolute atomic E-state index is 14.0. The zero-order valence-corrected chi connectivity index (χ0v) is 34.5. The minimum atomic E-state index is -0.800. The molecule has 0 bridgehead atoms. The summed E-state index contributed by atoms with van der Waals surface area (Å²) in [5.41, 5.74) is 5.51. The van der Waals surface area contributed by atoms with Gasteiger partial charge in [0.2, 0.25) is 11.8 Å². The third-order valence-electron chi connectivity index (χ3n) is 12.2. The van der Waals surface area contributed by atoms with E-state index in [0.717, 1.165) is 71.8 Å². The van der Waals surface area contributed by atoms with E-state index in [1.165, 1.54) is 14.2 Å². The number of likely N-dealkylation sites (tertiary alicyclic amines) is 2. The van der Waals surface area contributed by atoms with Gasteiger partial charge in [0.1, 0.15) is 23.7 Å². The molecule has 9 rings (SSSR count). The molecule has 0 spiro atoms. The number of H-pyrrole nitrogens is 2. The first-order valence-electron chi connectivity index (χ1n) is 21.1. The molecule has 4 atom stereocenters. The number of hydrogen-bond donors (Lipinski definition) is 4. The van der Waals surface area contributed by atoms with Crippen LogP contribution in [0, 0.1) is 11.8 Å². The number of nitrogens with one attached hydrogen (secondary N) is 4. The molecule has 62 heavy (non-hydrogen) atoms. The lowest BCUT2D eigenvalue weighted by Crippen LogP contribution is -2.51. The summed E-state index contributed by atoms with van der Waals surface area (Å²) >= 11 is 0. The van der Waals surface area contributed by atoms with E-state index in [9.17, 15) is 19.2 Å². The van der Waals surface area contributed by atoms with Crippen LogP contribution in [0.25, 0.3) is 44.5 Å². The fourth-order valence-corrected chi connectivity index (χ4v) is 9.02. The molecule has 0 radical (unpaired) electrons. The Morgan fingerprint density at radius 1 is 0.694 bits per heavy atom. The van der Waals surface area contributed by atoms with E-state index in [1.54, 1.807) is 11.1 Å². The van der Waals surface area contributed by atoms with E-state index in [1.807, 2.05) is 96.0 Å². The van der Waals surface area contributed by atoms with E-state index in [4.69, 9.17) is 19.4 Å². The van der Waals surface area contributed by atoms with Crippen molar-refractivity contribution in [2.45, 2.75) is 62.7 Å². The van der Waals surface area contributed by atoms with E-state index >= 15 is 0 Å². The molecule has 2 saturated heterocycles. The minimum absolute atomic E-state index is 0.180. The van der Waals surface area contributed by atoms with Crippen molar-refractivity contribution in [1.82, 2.24) is 50.6 Å². The molecule has 2 fully saturated rings. The molecule has 2 aromatic carbocycles. The Balaban J connectivity index is 0.908. The minimum Gasteiger partial charge on any atom is -0.453 e. The topological polar surface area (TPSA) is 200 Å². The zero-order chi connectivity index (χ0) is 42.7. The van der Waals surface area contributed by atoms with Gasteiger partial charge in [-0.05, 0) is 62.8 Å². The van der Waals surface area contributed by atoms with Crippen molar-refractivity contribution in [2.24, 2.45) is 11.8 Å². The number of alkyl carbamates (subject to hydrolysis) is 2. The number of aromatic amines is 2. The third-order valence-corrected chi connectivity index (χ3v) is 12.2. The lowest BCUT2D eigenvalue weighted by Gasteiger charge is -2.31. The predicted molar refractivity (Wildman–Crippen MR) is 231 cm³/mol. The Bertz CT molecular complexity index is 2620. The van der Waals surface area contributed by atoms with Crippen molar-refractivity contribution in [3.63, 3.8) is 0 Å². The molecule has 5 aromatic rings. The first-order chi connectivity index (χ1) is 30.3. The highest BCUT2D eigenvalue weighted by atomic mass is 16.5. The SMILES string of the molecule is COC(=O)NC(C(=O)N1CCCC1c1ncc(-c2ccc3cc(-c4ccc5nc(C6CCCN6C(=O)C(NC(=O)OC)C6C=CCC=C6)[nH]c5c4)nnc3c2)[nH]1)C1C=CCC=C1. The summed E-state index contributed by atoms with van der Waals surface area (Å²) < 4.78 is 9.72. The highest BCUT2D eigenvalue weighted by Gasteiger charge is 2.40. The van der Waals surface area contributed by atoms with Crippen LogP contribution in [0.4, 0.5) is 9.59 Å². The highest BCUT2D eigenvalue weighted by molar-refractivity contribution is 5.90. The molecule has 3 aromatic heterocycles. The highest BCUT2D eigenvalue weighted by Crippen LogP contribution is 2.36. The number of benzene rings is 2. The third kappa shape index (κ3) is 8.07. The van der Waals surface area contributed by atoms with Crippen molar-refractivity contribution in [3.05, 3.63) is 109 Å². The fourth-order valence-electron chi connectivity index (χ4n) is 9.02. The second kappa shape index (κ2) is 17.5. The molecule has 4 unspecified atom stereocenters. The van der Waals surface area contributed by atoms with Gasteiger partial charge in [0, 0.05) is 41.4 Å². The summed E-state index contributed by atoms with van der Waals surface area (Å²) in [7, 11) is 2.58. The van der Waals surface area contributed by atoms with Crippen LogP contribution in [-0.2, 0) is 19.1 Å². The Morgan fingerprint density at radius 3 is 1.90 bits per heavy atom. The first kappa shape index (κ1) is 40.3. The van der Waals surface area contributed by atoms with Crippen LogP contribution in [0.1, 0.15) is 62.3 Å². The molecule has 4 amide bonds. The molecule has 4 aliphatic rings. The second-order valence-corrected chi connectivity index (χ2v) is 16.0. The van der Waals surface area contributed by atoms with Gasteiger partial charge in [-0.1, -0.05) is 66.8 Å². The van der Waals surface area contributed by atoms with Crippen LogP contribution in [0.3, 0.4) is 0 Å². The lowest BCUT2D eigenvalue weighted by atomic mass is 9.93. The molecule has 4 N–H and O–H groups in total. The summed E-state index contributed by atoms with van der Waals surface area (Å²) in [6.07, 6.45) is 20.9. The zero-order valence-electron chi connectivity index (χ0n) is 34.5. The first-order valence-corrected chi connectivity index (χ1v) is 21.1. The predicted octanol–water partition coefficient (Wildman–Crippen LogP) is 6.60. The van der Waals surface area contributed by atoms with Crippen molar-refractivity contribution < 1.29 is 28.7 Å². The fraction of sp³-hybridized carbons (Fsp3) is 0.348. The van der Waals surface area contributed by atoms with Crippen LogP contribution >= 0.6 is 0 Å². The van der Waals surface area contributed by atoms with Gasteiger partial charge in [-0.15, -0.1) is 10.2 Å². The quantitative estimate of drug-likeness (QED) is 0.111. The number of aromatic nitrogens is 6. The van der Waals surface area contributed by atoms with Gasteiger partial charge < -0.3 is 39.9 Å². The average molecular weight is 837 g/mol. The molecule has 5 heterocycles. The number of allylic oxidation sites excluding steroid dienone is 4. The summed E-state index contributed by atoms with van der Waals surface area (Å²) in [4.78, 5) is 72.7. The van der Waals surface area contributed by atoms with Gasteiger partial charge in [0.15, 0.2) is 0 Å². The van der Waals surface area contributed by atoms with Crippen LogP contribution in [-0.4, -0.2) is 103 Å². The number of carbonyl (C=O) groups excluding carboxylic acids is 4. The number of ether oxygens (including phenoxy) is 2. The van der Waals surface area contributed by atoms with Crippen molar-refractivity contribution in [3.8, 4) is 22.5 Å². The van der Waals surface area contributed by atoms with Crippen molar-refractivity contribution >= 4 is 45.9 Å². The maximum Gasteiger partial charge on any atom is 0.407 e. The Kier molecular flexibility index (Phi) is 11.4. The van der Waals surface area contributed by atoms with Crippen molar-refractivity contribution in [1.29, 1.82) is 0 Å². The normalized spacial score (nSPS) is 19.9. The second-order valence-electron chi connectivity index (χ2n) is 16.0. The molecule has 318 valence electrons. The maximum atomic E-state index is 14.0. The molecule has 2 aliphatic carbocycles. The summed E-state index contributed by atoms with van der Waals surface area (Å²) in [6.45, 7) is 1.10. The molecule has 16 nitrogen and oxygen atoms in total. The van der Waals surface area contributed by atoms with Gasteiger partial charge in [0.25, 0.3) is 0 Å². The van der Waals surface area contributed by atoms with Gasteiger partial charge in [-0.25, -0.2) is 19.6 Å². The van der Waals surface area contributed by atoms with Crippen LogP contribution in [0.15, 0.2) is 97.3 Å². The Hall–Kier alpha value is -7.10. The van der Waals surface area contributed by atoms with Crippen LogP contribution in [0.5, 0.6) is 0 Å². The van der Waals surface area contributed by atoms with Crippen LogP contribution < -0.4 is 10.6 Å². The van der Waals surface area contributed by atoms with Gasteiger partial charge >= 0.3 is 12.2 Å². The van der Waals surface area contributed by atoms with E-state index in [0.29, 0.717) is 35.9 Å². The van der Waals surface area contributed by atoms with E-state index in [2.05, 4.69) is 30.8 Å². The largest absolute Gasteiger partial charge is 0.453 e. The number of methoxy groups -OCH3 is 2. The number of hydrogen-bond acceptors (Lipinski definition) is 10. The molecule has 16 heteroatoms. The lowest BCUT2D eigenvalue weighted by molar-refractivity contribution is -0.135. The Morgan fingerprint density at radius 2 is 1.29 bits per heavy atom. The van der Waals surface area contributed by atoms with Crippen molar-refractivity contribution in [2.75, 3.05) is 27.3 Å². The van der Waals surface area contributed by atoms with Gasteiger partial charge in [-0.2, -0.15) is 0 Å². The molecule has 0 saturated carbocycles. The monoisotopic (exact) mass is 836 g/mol. The molecular weight excluding hydrogens is 789 g/mol. The number of amides is 4. The summed E-state index contributed by atoms with van der Waals surface area (Å²) in [5.74, 6) is 0.442. The standard InChI is InChI=1S/C46H48N10O6/c1-61-45(59)51-39(27-11-5-3-6-12-27)43(57)55-21-9-15-37(55)41-47-26-36(50-41)31-18-17-29-23-33(53-54-34(29)24-31)30-19-20-32-35(25-30)49-42(48-32)38-16-10-22-56(38)44(58)40(52-46(60)62-2)28-13-7-4-8-14-28/h5-8,11-14,17-20,23-28,37-40H,3-4,9-10,15-16,21-22H2,1-2H3,(H,47,50)(H,48,49)(H,51,59)(H,52,60). The number of rotatable bonds is 10. The summed E-state index contributed by atoms with van der Waals surface area (Å²) in [5, 5.41) is 15.6. The number of imidazole rings is 2. The number of fused-ring (bicyclic) bond motifs is 2. The average Bonchev–Trinajstić information content (AvgIpc) is 4.16. The van der Waals surface area contributed by atoms with Gasteiger partial charge in [0.05, 0.1) is 60.4 Å². The number of carbonyl (C=O) groups is 4. The number of nitrogens with zero attached hydrogens (tertiary/aromatic N) is 6. The smallest absolute Gasteiger partial charge is 0.407 e. The van der Waals surface area contributed by atoms with Gasteiger partial charge in [-0.3, -0.25) is 9.59 Å². The molecular formula is C46H48N10O6. The molecule has 2 aliphatic heterocycles. The van der Waals surface area contributed by atoms with E-state index in [-0.39, 0.29) is 35.7 Å². The Labute approximate surface area is 357 Å². The van der Waals surface area contributed by atoms with Crippen LogP contribution in [0.2, 0.25) is 0 Å². The summed E-state index contributed by atoms with van der Waals surface area (Å²) in [6, 6.07) is 11.7.